The van der Waals surface area contributed by atoms with Gasteiger partial charge in [0.1, 0.15) is 5.70 Å². The number of fused-ring (bicyclic) bond motifs is 1. The first-order valence-electron chi connectivity index (χ1n) is 10.8. The molecule has 6 nitrogen and oxygen atoms in total. The quantitative estimate of drug-likeness (QED) is 0.647. The number of carbonyl (C=O) groups is 2. The fourth-order valence-electron chi connectivity index (χ4n) is 4.05. The summed E-state index contributed by atoms with van der Waals surface area (Å²) in [6.07, 6.45) is 3.31. The van der Waals surface area contributed by atoms with Crippen LogP contribution >= 0.6 is 11.8 Å². The summed E-state index contributed by atoms with van der Waals surface area (Å²) < 4.78 is 0. The molecule has 0 saturated carbocycles. The summed E-state index contributed by atoms with van der Waals surface area (Å²) in [6, 6.07) is 19.4. The van der Waals surface area contributed by atoms with E-state index in [1.54, 1.807) is 16.7 Å². The maximum absolute atomic E-state index is 13.1. The molecule has 0 bridgehead atoms. The molecule has 0 spiro atoms. The highest BCUT2D eigenvalue weighted by Gasteiger charge is 2.34. The van der Waals surface area contributed by atoms with Crippen LogP contribution in [-0.4, -0.2) is 46.7 Å². The molecular formula is C25H28N4O2S. The van der Waals surface area contributed by atoms with Gasteiger partial charge in [0.2, 0.25) is 0 Å². The summed E-state index contributed by atoms with van der Waals surface area (Å²) in [7, 11) is 1.84. The predicted molar refractivity (Wildman–Crippen MR) is 128 cm³/mol. The number of hydrogen-bond donors (Lipinski definition) is 2. The Labute approximate surface area is 193 Å². The molecule has 0 aliphatic carbocycles. The van der Waals surface area contributed by atoms with E-state index in [0.29, 0.717) is 24.2 Å². The lowest BCUT2D eigenvalue weighted by Gasteiger charge is -2.29. The van der Waals surface area contributed by atoms with Crippen molar-refractivity contribution in [3.05, 3.63) is 94.8 Å². The van der Waals surface area contributed by atoms with E-state index in [2.05, 4.69) is 22.8 Å². The summed E-state index contributed by atoms with van der Waals surface area (Å²) in [5.41, 5.74) is 3.43. The molecule has 2 N–H and O–H groups in total. The van der Waals surface area contributed by atoms with Crippen LogP contribution in [0.3, 0.4) is 0 Å². The van der Waals surface area contributed by atoms with Gasteiger partial charge in [0, 0.05) is 37.1 Å². The Kier molecular flexibility index (Phi) is 6.85. The number of hydrogen-bond acceptors (Lipinski definition) is 5. The van der Waals surface area contributed by atoms with Crippen LogP contribution < -0.4 is 10.6 Å². The van der Waals surface area contributed by atoms with E-state index in [9.17, 15) is 9.59 Å². The third-order valence-electron chi connectivity index (χ3n) is 5.82. The second-order valence-corrected chi connectivity index (χ2v) is 8.96. The van der Waals surface area contributed by atoms with Crippen molar-refractivity contribution in [3.8, 4) is 0 Å². The molecule has 32 heavy (non-hydrogen) atoms. The van der Waals surface area contributed by atoms with Gasteiger partial charge in [-0.1, -0.05) is 60.3 Å². The van der Waals surface area contributed by atoms with Gasteiger partial charge in [-0.3, -0.25) is 9.59 Å². The lowest BCUT2D eigenvalue weighted by atomic mass is 10.0. The average Bonchev–Trinajstić information content (AvgIpc) is 3.38. The Hall–Kier alpha value is -3.19. The number of carbonyl (C=O) groups excluding carboxylic acids is 2. The Morgan fingerprint density at radius 2 is 1.81 bits per heavy atom. The average molecular weight is 449 g/mol. The fraction of sp³-hybridized carbons (Fsp3) is 0.280. The van der Waals surface area contributed by atoms with E-state index >= 15 is 0 Å². The molecule has 2 aromatic rings. The van der Waals surface area contributed by atoms with Crippen molar-refractivity contribution in [2.45, 2.75) is 31.3 Å². The molecule has 2 amide bonds. The highest BCUT2D eigenvalue weighted by Crippen LogP contribution is 2.33. The molecule has 0 saturated heterocycles. The maximum Gasteiger partial charge on any atom is 0.269 e. The van der Waals surface area contributed by atoms with Gasteiger partial charge in [-0.2, -0.15) is 0 Å². The first kappa shape index (κ1) is 22.0. The molecule has 0 radical (unpaired) electrons. The SMILES string of the molecule is CC1=C(C(=O)NCCC(Cc2ccccc2)N(C)C(=O)c2ccccc2)N2C=CSC2N1. The van der Waals surface area contributed by atoms with Crippen LogP contribution in [0.15, 0.2) is 83.7 Å². The van der Waals surface area contributed by atoms with Crippen LogP contribution in [-0.2, 0) is 11.2 Å². The zero-order valence-electron chi connectivity index (χ0n) is 18.3. The van der Waals surface area contributed by atoms with E-state index in [0.717, 1.165) is 17.7 Å². The molecule has 4 rings (SSSR count). The van der Waals surface area contributed by atoms with Crippen LogP contribution in [0.4, 0.5) is 0 Å². The minimum absolute atomic E-state index is 0.0153. The maximum atomic E-state index is 13.1. The van der Waals surface area contributed by atoms with Gasteiger partial charge in [-0.25, -0.2) is 0 Å². The summed E-state index contributed by atoms with van der Waals surface area (Å²) in [4.78, 5) is 29.7. The van der Waals surface area contributed by atoms with Crippen molar-refractivity contribution >= 4 is 23.6 Å². The monoisotopic (exact) mass is 448 g/mol. The van der Waals surface area contributed by atoms with Gasteiger partial charge in [0.25, 0.3) is 11.8 Å². The van der Waals surface area contributed by atoms with Crippen molar-refractivity contribution in [3.63, 3.8) is 0 Å². The van der Waals surface area contributed by atoms with Gasteiger partial charge in [0.15, 0.2) is 5.50 Å². The number of nitrogens with zero attached hydrogens (tertiary/aromatic N) is 2. The van der Waals surface area contributed by atoms with Crippen LogP contribution in [0, 0.1) is 0 Å². The number of nitrogens with one attached hydrogen (secondary N) is 2. The standard InChI is InChI=1S/C25H28N4O2S/c1-18-22(29-15-16-32-25(29)27-18)23(30)26-14-13-21(17-19-9-5-3-6-10-19)28(2)24(31)20-11-7-4-8-12-20/h3-12,15-16,21,25,27H,13-14,17H2,1-2H3,(H,26,30). The minimum atomic E-state index is -0.0971. The van der Waals surface area contributed by atoms with Crippen LogP contribution in [0.2, 0.25) is 0 Å². The van der Waals surface area contributed by atoms with Crippen LogP contribution in [0.1, 0.15) is 29.3 Å². The summed E-state index contributed by atoms with van der Waals surface area (Å²) in [6.45, 7) is 2.40. The molecule has 2 aliphatic heterocycles. The second-order valence-electron chi connectivity index (χ2n) is 7.97. The fourth-order valence-corrected chi connectivity index (χ4v) is 4.96. The Morgan fingerprint density at radius 3 is 2.53 bits per heavy atom. The summed E-state index contributed by atoms with van der Waals surface area (Å²) in [5, 5.41) is 8.36. The Bertz CT molecular complexity index is 1020. The lowest BCUT2D eigenvalue weighted by Crippen LogP contribution is -2.41. The third-order valence-corrected chi connectivity index (χ3v) is 6.70. The van der Waals surface area contributed by atoms with Crippen molar-refractivity contribution in [2.75, 3.05) is 13.6 Å². The molecule has 166 valence electrons. The third kappa shape index (κ3) is 4.83. The van der Waals surface area contributed by atoms with E-state index in [1.807, 2.05) is 79.0 Å². The predicted octanol–water partition coefficient (Wildman–Crippen LogP) is 3.51. The normalized spacial score (nSPS) is 17.7. The number of amides is 2. The smallest absolute Gasteiger partial charge is 0.269 e. The molecule has 2 atom stereocenters. The van der Waals surface area contributed by atoms with Gasteiger partial charge in [-0.05, 0) is 42.9 Å². The zero-order valence-corrected chi connectivity index (χ0v) is 19.1. The second kappa shape index (κ2) is 9.96. The molecule has 2 aliphatic rings. The summed E-state index contributed by atoms with van der Waals surface area (Å²) in [5.74, 6) is -0.112. The summed E-state index contributed by atoms with van der Waals surface area (Å²) >= 11 is 1.64. The van der Waals surface area contributed by atoms with Gasteiger partial charge < -0.3 is 20.4 Å². The Morgan fingerprint density at radius 1 is 1.12 bits per heavy atom. The van der Waals surface area contributed by atoms with E-state index in [-0.39, 0.29) is 23.4 Å². The van der Waals surface area contributed by atoms with E-state index in [4.69, 9.17) is 0 Å². The van der Waals surface area contributed by atoms with Gasteiger partial charge >= 0.3 is 0 Å². The number of rotatable bonds is 8. The van der Waals surface area contributed by atoms with Gasteiger partial charge in [-0.15, -0.1) is 0 Å². The number of benzene rings is 2. The molecule has 7 heteroatoms. The minimum Gasteiger partial charge on any atom is -0.358 e. The highest BCUT2D eigenvalue weighted by atomic mass is 32.2. The largest absolute Gasteiger partial charge is 0.358 e. The molecule has 2 heterocycles. The van der Waals surface area contributed by atoms with Gasteiger partial charge in [0.05, 0.1) is 0 Å². The molecule has 2 aromatic carbocycles. The number of thioether (sulfide) groups is 1. The molecule has 0 fully saturated rings. The number of allylic oxidation sites excluding steroid dienone is 1. The first-order valence-corrected chi connectivity index (χ1v) is 11.7. The number of likely N-dealkylation sites (N-methyl/N-ethyl adjacent to an activating group) is 1. The van der Waals surface area contributed by atoms with Crippen molar-refractivity contribution in [1.82, 2.24) is 20.4 Å². The Balaban J connectivity index is 1.42. The van der Waals surface area contributed by atoms with E-state index in [1.165, 1.54) is 0 Å². The molecule has 0 aromatic heterocycles. The van der Waals surface area contributed by atoms with Crippen LogP contribution in [0.25, 0.3) is 0 Å². The lowest BCUT2D eigenvalue weighted by molar-refractivity contribution is -0.118. The van der Waals surface area contributed by atoms with Crippen molar-refractivity contribution < 1.29 is 9.59 Å². The molecular weight excluding hydrogens is 420 g/mol. The molecule has 2 unspecified atom stereocenters. The van der Waals surface area contributed by atoms with Crippen LogP contribution in [0.5, 0.6) is 0 Å². The highest BCUT2D eigenvalue weighted by molar-refractivity contribution is 8.02. The zero-order chi connectivity index (χ0) is 22.5. The topological polar surface area (TPSA) is 64.7 Å². The van der Waals surface area contributed by atoms with E-state index < -0.39 is 0 Å². The first-order chi connectivity index (χ1) is 15.5. The van der Waals surface area contributed by atoms with Crippen molar-refractivity contribution in [2.24, 2.45) is 0 Å². The van der Waals surface area contributed by atoms with Crippen molar-refractivity contribution in [1.29, 1.82) is 0 Å².